The fourth-order valence-corrected chi connectivity index (χ4v) is 2.03. The molecule has 1 nitrogen and oxygen atoms in total. The smallest absolute Gasteiger partial charge is 0.140 e. The molecule has 1 fully saturated rings. The number of rotatable bonds is 2. The molecule has 0 N–H and O–H groups in total. The Morgan fingerprint density at radius 2 is 2.00 bits per heavy atom. The van der Waals surface area contributed by atoms with Gasteiger partial charge in [0.15, 0.2) is 0 Å². The Kier molecular flexibility index (Phi) is 3.17. The average molecular weight is 166 g/mol. The second-order valence-electron chi connectivity index (χ2n) is 4.28. The van der Waals surface area contributed by atoms with Crippen LogP contribution in [0.4, 0.5) is 0 Å². The number of likely N-dealkylation sites (tertiary alicyclic amines) is 1. The molecule has 1 saturated heterocycles. The molecular weight excluding hydrogens is 146 g/mol. The van der Waals surface area contributed by atoms with Crippen LogP contribution in [0.2, 0.25) is 0 Å². The van der Waals surface area contributed by atoms with E-state index in [4.69, 9.17) is 6.42 Å². The van der Waals surface area contributed by atoms with Crippen LogP contribution in [0.15, 0.2) is 0 Å². The third kappa shape index (κ3) is 2.25. The first-order valence-electron chi connectivity index (χ1n) is 4.97. The van der Waals surface area contributed by atoms with Crippen LogP contribution in [0, 0.1) is 18.3 Å². The summed E-state index contributed by atoms with van der Waals surface area (Å²) >= 11 is 0. The van der Waals surface area contributed by atoms with Crippen molar-refractivity contribution in [3.8, 4) is 12.3 Å². The Morgan fingerprint density at radius 1 is 1.42 bits per heavy atom. The molecule has 0 spiro atoms. The number of hydrogen-bond acceptors (Lipinski definition) is 0. The first-order chi connectivity index (χ1) is 5.70. The lowest BCUT2D eigenvalue weighted by Gasteiger charge is -2.39. The number of hydrogen-bond donors (Lipinski definition) is 0. The number of terminal acetylenes is 1. The van der Waals surface area contributed by atoms with E-state index in [0.717, 1.165) is 16.9 Å². The maximum absolute atomic E-state index is 5.35. The summed E-state index contributed by atoms with van der Waals surface area (Å²) in [6, 6.07) is 0. The minimum atomic E-state index is 0.913. The summed E-state index contributed by atoms with van der Waals surface area (Å²) in [6.07, 6.45) is 9.43. The van der Waals surface area contributed by atoms with E-state index in [1.54, 1.807) is 0 Å². The van der Waals surface area contributed by atoms with Gasteiger partial charge in [0.1, 0.15) is 6.54 Å². The van der Waals surface area contributed by atoms with Gasteiger partial charge in [-0.15, -0.1) is 6.42 Å². The minimum absolute atomic E-state index is 0.913. The van der Waals surface area contributed by atoms with Crippen LogP contribution in [0.5, 0.6) is 0 Å². The predicted molar refractivity (Wildman–Crippen MR) is 52.6 cm³/mol. The van der Waals surface area contributed by atoms with Gasteiger partial charge in [-0.05, 0) is 24.7 Å². The molecule has 0 unspecified atom stereocenters. The highest BCUT2D eigenvalue weighted by atomic mass is 15.3. The van der Waals surface area contributed by atoms with Crippen LogP contribution in [0.3, 0.4) is 0 Å². The summed E-state index contributed by atoms with van der Waals surface area (Å²) in [4.78, 5) is 0. The Morgan fingerprint density at radius 3 is 2.42 bits per heavy atom. The van der Waals surface area contributed by atoms with Gasteiger partial charge in [-0.2, -0.15) is 0 Å². The first kappa shape index (κ1) is 9.61. The van der Waals surface area contributed by atoms with Crippen LogP contribution in [-0.2, 0) is 0 Å². The van der Waals surface area contributed by atoms with Gasteiger partial charge in [0, 0.05) is 0 Å². The van der Waals surface area contributed by atoms with Crippen molar-refractivity contribution in [2.75, 3.05) is 26.7 Å². The van der Waals surface area contributed by atoms with Crippen LogP contribution in [-0.4, -0.2) is 31.2 Å². The number of nitrogens with zero attached hydrogens (tertiary/aromatic N) is 1. The van der Waals surface area contributed by atoms with Crippen LogP contribution in [0.1, 0.15) is 26.2 Å². The van der Waals surface area contributed by atoms with Crippen molar-refractivity contribution in [1.82, 2.24) is 0 Å². The van der Waals surface area contributed by atoms with Gasteiger partial charge in [-0.25, -0.2) is 0 Å². The van der Waals surface area contributed by atoms with Crippen molar-refractivity contribution < 1.29 is 4.48 Å². The predicted octanol–water partition coefficient (Wildman–Crippen LogP) is 1.89. The quantitative estimate of drug-likeness (QED) is 0.434. The lowest BCUT2D eigenvalue weighted by molar-refractivity contribution is -0.908. The molecule has 68 valence electrons. The number of piperidine rings is 1. The third-order valence-electron chi connectivity index (χ3n) is 3.20. The van der Waals surface area contributed by atoms with Gasteiger partial charge in [-0.3, -0.25) is 0 Å². The van der Waals surface area contributed by atoms with Crippen molar-refractivity contribution in [2.45, 2.75) is 26.2 Å². The largest absolute Gasteiger partial charge is 0.316 e. The molecule has 0 aromatic carbocycles. The van der Waals surface area contributed by atoms with Gasteiger partial charge < -0.3 is 4.48 Å². The Bertz CT molecular complexity index is 170. The van der Waals surface area contributed by atoms with E-state index in [1.807, 2.05) is 0 Å². The van der Waals surface area contributed by atoms with Crippen LogP contribution < -0.4 is 0 Å². The lowest BCUT2D eigenvalue weighted by Crippen LogP contribution is -2.49. The summed E-state index contributed by atoms with van der Waals surface area (Å²) < 4.78 is 1.10. The normalized spacial score (nSPS) is 35.9. The zero-order chi connectivity index (χ0) is 9.03. The summed E-state index contributed by atoms with van der Waals surface area (Å²) in [5, 5.41) is 0. The van der Waals surface area contributed by atoms with Gasteiger partial charge >= 0.3 is 0 Å². The SMILES string of the molecule is C#CC[N+]1(C)CCC(CC)CC1. The second-order valence-corrected chi connectivity index (χ2v) is 4.28. The molecule has 0 amide bonds. The topological polar surface area (TPSA) is 0 Å². The van der Waals surface area contributed by atoms with Crippen LogP contribution in [0.25, 0.3) is 0 Å². The molecule has 1 rings (SSSR count). The summed E-state index contributed by atoms with van der Waals surface area (Å²) in [7, 11) is 2.28. The highest BCUT2D eigenvalue weighted by molar-refractivity contribution is 4.84. The number of quaternary nitrogens is 1. The lowest BCUT2D eigenvalue weighted by atomic mass is 9.93. The van der Waals surface area contributed by atoms with E-state index < -0.39 is 0 Å². The highest BCUT2D eigenvalue weighted by Crippen LogP contribution is 2.23. The molecule has 0 bridgehead atoms. The van der Waals surface area contributed by atoms with Crippen molar-refractivity contribution in [2.24, 2.45) is 5.92 Å². The van der Waals surface area contributed by atoms with E-state index in [9.17, 15) is 0 Å². The maximum atomic E-state index is 5.35. The Balaban J connectivity index is 2.39. The van der Waals surface area contributed by atoms with Crippen LogP contribution >= 0.6 is 0 Å². The molecule has 1 aliphatic rings. The van der Waals surface area contributed by atoms with Gasteiger partial charge in [0.25, 0.3) is 0 Å². The van der Waals surface area contributed by atoms with Crippen molar-refractivity contribution in [1.29, 1.82) is 0 Å². The first-order valence-corrected chi connectivity index (χ1v) is 4.97. The van der Waals surface area contributed by atoms with E-state index in [0.29, 0.717) is 0 Å². The molecule has 0 aromatic rings. The Labute approximate surface area is 76.4 Å². The summed E-state index contributed by atoms with van der Waals surface area (Å²) in [5.74, 6) is 3.75. The van der Waals surface area contributed by atoms with E-state index >= 15 is 0 Å². The van der Waals surface area contributed by atoms with E-state index in [2.05, 4.69) is 19.9 Å². The molecule has 0 saturated carbocycles. The molecule has 1 heterocycles. The molecule has 0 radical (unpaired) electrons. The molecule has 12 heavy (non-hydrogen) atoms. The minimum Gasteiger partial charge on any atom is -0.316 e. The van der Waals surface area contributed by atoms with Crippen molar-refractivity contribution in [3.05, 3.63) is 0 Å². The Hall–Kier alpha value is -0.480. The monoisotopic (exact) mass is 166 g/mol. The van der Waals surface area contributed by atoms with E-state index in [1.165, 1.54) is 32.4 Å². The second kappa shape index (κ2) is 3.96. The standard InChI is InChI=1S/C11H20N/c1-4-8-12(3)9-6-11(5-2)7-10-12/h1,11H,5-10H2,2-3H3/q+1. The van der Waals surface area contributed by atoms with Crippen molar-refractivity contribution in [3.63, 3.8) is 0 Å². The van der Waals surface area contributed by atoms with E-state index in [-0.39, 0.29) is 0 Å². The summed E-state index contributed by atoms with van der Waals surface area (Å²) in [6.45, 7) is 5.77. The maximum Gasteiger partial charge on any atom is 0.140 e. The molecule has 0 aliphatic carbocycles. The van der Waals surface area contributed by atoms with Crippen molar-refractivity contribution >= 4 is 0 Å². The molecule has 1 heteroatoms. The molecule has 0 aromatic heterocycles. The molecule has 1 aliphatic heterocycles. The highest BCUT2D eigenvalue weighted by Gasteiger charge is 2.27. The fraction of sp³-hybridized carbons (Fsp3) is 0.818. The average Bonchev–Trinajstić information content (AvgIpc) is 2.06. The van der Waals surface area contributed by atoms with Gasteiger partial charge in [-0.1, -0.05) is 13.3 Å². The summed E-state index contributed by atoms with van der Waals surface area (Å²) in [5.41, 5.74) is 0. The third-order valence-corrected chi connectivity index (χ3v) is 3.20. The molecular formula is C11H20N+. The van der Waals surface area contributed by atoms with Gasteiger partial charge in [0.2, 0.25) is 0 Å². The zero-order valence-corrected chi connectivity index (χ0v) is 8.34. The van der Waals surface area contributed by atoms with Gasteiger partial charge in [0.05, 0.1) is 20.1 Å². The fourth-order valence-electron chi connectivity index (χ4n) is 2.03. The zero-order valence-electron chi connectivity index (χ0n) is 8.34. The molecule has 0 atom stereocenters.